The van der Waals surface area contributed by atoms with Crippen LogP contribution in [-0.4, -0.2) is 11.7 Å². The molecular weight excluding hydrogens is 290 g/mol. The van der Waals surface area contributed by atoms with Crippen molar-refractivity contribution in [3.05, 3.63) is 64.1 Å². The highest BCUT2D eigenvalue weighted by atomic mass is 79.9. The second kappa shape index (κ2) is 6.03. The van der Waals surface area contributed by atoms with Gasteiger partial charge in [0, 0.05) is 16.7 Å². The van der Waals surface area contributed by atoms with E-state index in [1.807, 2.05) is 49.4 Å². The highest BCUT2D eigenvalue weighted by molar-refractivity contribution is 9.10. The van der Waals surface area contributed by atoms with E-state index < -0.39 is 6.10 Å². The van der Waals surface area contributed by atoms with E-state index in [9.17, 15) is 5.11 Å². The third-order valence-electron chi connectivity index (χ3n) is 2.84. The van der Waals surface area contributed by atoms with Gasteiger partial charge < -0.3 is 10.4 Å². The molecule has 0 radical (unpaired) electrons. The Bertz CT molecular complexity index is 513. The van der Waals surface area contributed by atoms with Crippen LogP contribution >= 0.6 is 15.9 Å². The van der Waals surface area contributed by atoms with Crippen molar-refractivity contribution in [2.75, 3.05) is 11.9 Å². The van der Waals surface area contributed by atoms with Gasteiger partial charge in [0.05, 0.1) is 6.10 Å². The van der Waals surface area contributed by atoms with Gasteiger partial charge in [-0.2, -0.15) is 0 Å². The minimum Gasteiger partial charge on any atom is -0.387 e. The Hall–Kier alpha value is -1.32. The van der Waals surface area contributed by atoms with Crippen LogP contribution in [0.5, 0.6) is 0 Å². The second-order valence-corrected chi connectivity index (χ2v) is 5.13. The van der Waals surface area contributed by atoms with Crippen molar-refractivity contribution in [3.8, 4) is 0 Å². The van der Waals surface area contributed by atoms with Crippen molar-refractivity contribution < 1.29 is 5.11 Å². The van der Waals surface area contributed by atoms with Crippen LogP contribution in [0.3, 0.4) is 0 Å². The molecule has 2 aromatic carbocycles. The standard InChI is InChI=1S/C15H16BrNO/c1-11-9-13(7-8-14(11)16)17-10-15(18)12-5-3-2-4-6-12/h2-9,15,17-18H,10H2,1H3. The Kier molecular flexibility index (Phi) is 4.39. The largest absolute Gasteiger partial charge is 0.387 e. The monoisotopic (exact) mass is 305 g/mol. The second-order valence-electron chi connectivity index (χ2n) is 4.27. The summed E-state index contributed by atoms with van der Waals surface area (Å²) in [6, 6.07) is 15.7. The number of nitrogens with one attached hydrogen (secondary N) is 1. The third kappa shape index (κ3) is 3.34. The van der Waals surface area contributed by atoms with Gasteiger partial charge in [-0.15, -0.1) is 0 Å². The van der Waals surface area contributed by atoms with Crippen LogP contribution in [0.1, 0.15) is 17.2 Å². The Balaban J connectivity index is 1.97. The van der Waals surface area contributed by atoms with E-state index in [4.69, 9.17) is 0 Å². The molecule has 0 aliphatic carbocycles. The molecule has 18 heavy (non-hydrogen) atoms. The molecule has 2 aromatic rings. The van der Waals surface area contributed by atoms with Crippen molar-refractivity contribution in [1.29, 1.82) is 0 Å². The molecule has 2 nitrogen and oxygen atoms in total. The number of rotatable bonds is 4. The van der Waals surface area contributed by atoms with E-state index in [0.29, 0.717) is 6.54 Å². The molecule has 1 atom stereocenters. The summed E-state index contributed by atoms with van der Waals surface area (Å²) in [7, 11) is 0. The molecule has 94 valence electrons. The van der Waals surface area contributed by atoms with Crippen LogP contribution in [0.4, 0.5) is 5.69 Å². The lowest BCUT2D eigenvalue weighted by atomic mass is 10.1. The van der Waals surface area contributed by atoms with Crippen molar-refractivity contribution in [3.63, 3.8) is 0 Å². The smallest absolute Gasteiger partial charge is 0.0962 e. The minimum atomic E-state index is -0.491. The maximum Gasteiger partial charge on any atom is 0.0962 e. The number of hydrogen-bond donors (Lipinski definition) is 2. The molecule has 0 fully saturated rings. The van der Waals surface area contributed by atoms with Crippen molar-refractivity contribution >= 4 is 21.6 Å². The fraction of sp³-hybridized carbons (Fsp3) is 0.200. The normalized spacial score (nSPS) is 12.2. The zero-order valence-electron chi connectivity index (χ0n) is 10.2. The van der Waals surface area contributed by atoms with Crippen molar-refractivity contribution in [2.24, 2.45) is 0 Å². The van der Waals surface area contributed by atoms with E-state index in [1.165, 1.54) is 5.56 Å². The molecule has 2 N–H and O–H groups in total. The van der Waals surface area contributed by atoms with Gasteiger partial charge in [0.1, 0.15) is 0 Å². The Morgan fingerprint density at radius 3 is 2.56 bits per heavy atom. The summed E-state index contributed by atoms with van der Waals surface area (Å²) in [5.74, 6) is 0. The zero-order chi connectivity index (χ0) is 13.0. The van der Waals surface area contributed by atoms with Crippen molar-refractivity contribution in [2.45, 2.75) is 13.0 Å². The highest BCUT2D eigenvalue weighted by Gasteiger charge is 2.06. The van der Waals surface area contributed by atoms with Crippen molar-refractivity contribution in [1.82, 2.24) is 0 Å². The number of halogens is 1. The number of benzene rings is 2. The summed E-state index contributed by atoms with van der Waals surface area (Å²) in [5, 5.41) is 13.3. The predicted molar refractivity (Wildman–Crippen MR) is 78.8 cm³/mol. The van der Waals surface area contributed by atoms with Gasteiger partial charge >= 0.3 is 0 Å². The average Bonchev–Trinajstić information content (AvgIpc) is 2.41. The highest BCUT2D eigenvalue weighted by Crippen LogP contribution is 2.21. The number of hydrogen-bond acceptors (Lipinski definition) is 2. The topological polar surface area (TPSA) is 32.3 Å². The molecule has 1 unspecified atom stereocenters. The lowest BCUT2D eigenvalue weighted by molar-refractivity contribution is 0.191. The van der Waals surface area contributed by atoms with E-state index in [-0.39, 0.29) is 0 Å². The Morgan fingerprint density at radius 2 is 1.89 bits per heavy atom. The molecule has 0 bridgehead atoms. The van der Waals surface area contributed by atoms with Gasteiger partial charge in [-0.1, -0.05) is 46.3 Å². The predicted octanol–water partition coefficient (Wildman–Crippen LogP) is 3.90. The van der Waals surface area contributed by atoms with E-state index in [2.05, 4.69) is 27.3 Å². The van der Waals surface area contributed by atoms with Crippen LogP contribution in [0.2, 0.25) is 0 Å². The molecule has 2 rings (SSSR count). The van der Waals surface area contributed by atoms with E-state index in [0.717, 1.165) is 15.7 Å². The van der Waals surface area contributed by atoms with Crippen LogP contribution in [0.25, 0.3) is 0 Å². The number of aliphatic hydroxyl groups excluding tert-OH is 1. The van der Waals surface area contributed by atoms with Gasteiger partial charge in [-0.25, -0.2) is 0 Å². The number of aliphatic hydroxyl groups is 1. The summed E-state index contributed by atoms with van der Waals surface area (Å²) in [4.78, 5) is 0. The minimum absolute atomic E-state index is 0.491. The van der Waals surface area contributed by atoms with Crippen LogP contribution < -0.4 is 5.32 Å². The molecule has 0 saturated heterocycles. The third-order valence-corrected chi connectivity index (χ3v) is 3.73. The Labute approximate surface area is 116 Å². The number of aryl methyl sites for hydroxylation is 1. The maximum absolute atomic E-state index is 10.0. The summed E-state index contributed by atoms with van der Waals surface area (Å²) in [6.07, 6.45) is -0.491. The molecule has 0 saturated carbocycles. The average molecular weight is 306 g/mol. The first-order valence-corrected chi connectivity index (χ1v) is 6.69. The molecule has 0 heterocycles. The fourth-order valence-corrected chi connectivity index (χ4v) is 2.01. The Morgan fingerprint density at radius 1 is 1.17 bits per heavy atom. The van der Waals surface area contributed by atoms with Crippen LogP contribution in [-0.2, 0) is 0 Å². The zero-order valence-corrected chi connectivity index (χ0v) is 11.8. The first-order valence-electron chi connectivity index (χ1n) is 5.90. The van der Waals surface area contributed by atoms with Crippen LogP contribution in [0.15, 0.2) is 53.0 Å². The van der Waals surface area contributed by atoms with E-state index in [1.54, 1.807) is 0 Å². The van der Waals surface area contributed by atoms with Gasteiger partial charge in [-0.3, -0.25) is 0 Å². The fourth-order valence-electron chi connectivity index (χ4n) is 1.76. The quantitative estimate of drug-likeness (QED) is 0.898. The molecular formula is C15H16BrNO. The summed E-state index contributed by atoms with van der Waals surface area (Å²) in [5.41, 5.74) is 3.12. The summed E-state index contributed by atoms with van der Waals surface area (Å²) < 4.78 is 1.09. The molecule has 0 aliphatic heterocycles. The lowest BCUT2D eigenvalue weighted by Crippen LogP contribution is -2.12. The molecule has 0 aliphatic rings. The molecule has 0 aromatic heterocycles. The van der Waals surface area contributed by atoms with Gasteiger partial charge in [0.15, 0.2) is 0 Å². The maximum atomic E-state index is 10.0. The molecule has 0 amide bonds. The summed E-state index contributed by atoms with van der Waals surface area (Å²) in [6.45, 7) is 2.55. The first-order chi connectivity index (χ1) is 8.66. The SMILES string of the molecule is Cc1cc(NCC(O)c2ccccc2)ccc1Br. The summed E-state index contributed by atoms with van der Waals surface area (Å²) >= 11 is 3.47. The molecule has 3 heteroatoms. The van der Waals surface area contributed by atoms with Crippen LogP contribution in [0, 0.1) is 6.92 Å². The van der Waals surface area contributed by atoms with Gasteiger partial charge in [0.25, 0.3) is 0 Å². The van der Waals surface area contributed by atoms with E-state index >= 15 is 0 Å². The van der Waals surface area contributed by atoms with Gasteiger partial charge in [0.2, 0.25) is 0 Å². The first kappa shape index (κ1) is 13.1. The molecule has 0 spiro atoms. The number of anilines is 1. The lowest BCUT2D eigenvalue weighted by Gasteiger charge is -2.13. The van der Waals surface area contributed by atoms with Gasteiger partial charge in [-0.05, 0) is 36.2 Å².